The molecular weight excluding hydrogens is 220 g/mol. The number of aromatic nitrogens is 4. The van der Waals surface area contributed by atoms with Gasteiger partial charge in [0, 0.05) is 13.6 Å². The number of H-pyrrole nitrogens is 1. The minimum Gasteiger partial charge on any atom is -0.371 e. The maximum Gasteiger partial charge on any atom is 0.347 e. The third kappa shape index (κ3) is 2.32. The van der Waals surface area contributed by atoms with Crippen LogP contribution < -0.4 is 16.3 Å². The van der Waals surface area contributed by atoms with Gasteiger partial charge in [-0.2, -0.15) is 4.98 Å². The molecule has 0 radical (unpaired) electrons. The quantitative estimate of drug-likeness (QED) is 0.716. The lowest BCUT2D eigenvalue weighted by Crippen LogP contribution is -2.14. The van der Waals surface area contributed by atoms with Crippen LogP contribution in [-0.2, 0) is 0 Å². The van der Waals surface area contributed by atoms with Gasteiger partial charge in [0.1, 0.15) is 5.52 Å². The maximum absolute atomic E-state index is 11.2. The van der Waals surface area contributed by atoms with E-state index in [2.05, 4.69) is 37.5 Å². The van der Waals surface area contributed by atoms with Crippen LogP contribution >= 0.6 is 0 Å². The molecule has 0 aliphatic rings. The van der Waals surface area contributed by atoms with Crippen LogP contribution in [0.4, 0.5) is 11.8 Å². The molecule has 2 heterocycles. The van der Waals surface area contributed by atoms with E-state index in [1.807, 2.05) is 0 Å². The fourth-order valence-corrected chi connectivity index (χ4v) is 1.45. The third-order valence-electron chi connectivity index (χ3n) is 2.24. The van der Waals surface area contributed by atoms with Crippen LogP contribution in [0.25, 0.3) is 11.0 Å². The van der Waals surface area contributed by atoms with Crippen molar-refractivity contribution in [2.45, 2.75) is 13.3 Å². The van der Waals surface area contributed by atoms with Gasteiger partial charge in [-0.05, 0) is 6.42 Å². The Morgan fingerprint density at radius 1 is 1.41 bits per heavy atom. The van der Waals surface area contributed by atoms with Crippen LogP contribution in [0, 0.1) is 0 Å². The molecule has 2 aromatic heterocycles. The van der Waals surface area contributed by atoms with Gasteiger partial charge < -0.3 is 15.6 Å². The summed E-state index contributed by atoms with van der Waals surface area (Å²) in [4.78, 5) is 26.1. The van der Waals surface area contributed by atoms with Gasteiger partial charge in [0.15, 0.2) is 5.82 Å². The van der Waals surface area contributed by atoms with Crippen molar-refractivity contribution in [2.24, 2.45) is 0 Å². The molecule has 2 aromatic rings. The molecule has 17 heavy (non-hydrogen) atoms. The molecule has 7 heteroatoms. The van der Waals surface area contributed by atoms with Gasteiger partial charge in [-0.15, -0.1) is 0 Å². The van der Waals surface area contributed by atoms with Gasteiger partial charge in [0.25, 0.3) is 0 Å². The fourth-order valence-electron chi connectivity index (χ4n) is 1.45. The number of aromatic amines is 1. The second-order valence-corrected chi connectivity index (χ2v) is 3.52. The molecule has 7 nitrogen and oxygen atoms in total. The van der Waals surface area contributed by atoms with Crippen molar-refractivity contribution in [2.75, 3.05) is 24.2 Å². The van der Waals surface area contributed by atoms with Crippen LogP contribution in [0.3, 0.4) is 0 Å². The summed E-state index contributed by atoms with van der Waals surface area (Å²) in [7, 11) is 1.70. The summed E-state index contributed by atoms with van der Waals surface area (Å²) >= 11 is 0. The standard InChI is InChI=1S/C10H14N6O/c1-3-4-12-9-13-5-6-7(15-9)8(11-2)16-10(17)14-6/h5H,3-4H2,1-2H3,(H,12,13,15)(H2,11,14,16,17). The first-order chi connectivity index (χ1) is 8.24. The van der Waals surface area contributed by atoms with Crippen molar-refractivity contribution < 1.29 is 0 Å². The summed E-state index contributed by atoms with van der Waals surface area (Å²) in [5.74, 6) is 0.982. The molecule has 0 aromatic carbocycles. The molecule has 2 rings (SSSR count). The first kappa shape index (κ1) is 11.3. The highest BCUT2D eigenvalue weighted by Crippen LogP contribution is 2.15. The van der Waals surface area contributed by atoms with Crippen molar-refractivity contribution in [3.63, 3.8) is 0 Å². The zero-order valence-corrected chi connectivity index (χ0v) is 9.74. The molecule has 0 aliphatic carbocycles. The number of hydrogen-bond donors (Lipinski definition) is 3. The first-order valence-corrected chi connectivity index (χ1v) is 5.43. The number of anilines is 2. The molecule has 0 bridgehead atoms. The van der Waals surface area contributed by atoms with E-state index in [0.717, 1.165) is 13.0 Å². The second kappa shape index (κ2) is 4.77. The molecule has 0 saturated heterocycles. The van der Waals surface area contributed by atoms with Crippen LogP contribution in [-0.4, -0.2) is 33.5 Å². The van der Waals surface area contributed by atoms with Gasteiger partial charge in [-0.25, -0.2) is 14.8 Å². The Hall–Kier alpha value is -2.18. The molecular formula is C10H14N6O. The molecule has 3 N–H and O–H groups in total. The van der Waals surface area contributed by atoms with Gasteiger partial charge in [-0.1, -0.05) is 6.92 Å². The number of fused-ring (bicyclic) bond motifs is 1. The molecule has 0 aliphatic heterocycles. The van der Waals surface area contributed by atoms with Crippen LogP contribution in [0.15, 0.2) is 11.0 Å². The molecule has 0 saturated carbocycles. The lowest BCUT2D eigenvalue weighted by Gasteiger charge is -2.06. The number of nitrogens with one attached hydrogen (secondary N) is 3. The Morgan fingerprint density at radius 2 is 2.24 bits per heavy atom. The van der Waals surface area contributed by atoms with E-state index < -0.39 is 5.69 Å². The SMILES string of the molecule is CCCNc1ncc2[nH]c(=O)nc(NC)c2n1. The van der Waals surface area contributed by atoms with Crippen LogP contribution in [0.1, 0.15) is 13.3 Å². The molecule has 0 atom stereocenters. The number of rotatable bonds is 4. The normalized spacial score (nSPS) is 10.5. The molecule has 0 fully saturated rings. The first-order valence-electron chi connectivity index (χ1n) is 5.43. The van der Waals surface area contributed by atoms with Crippen molar-refractivity contribution >= 4 is 22.8 Å². The van der Waals surface area contributed by atoms with E-state index in [-0.39, 0.29) is 0 Å². The van der Waals surface area contributed by atoms with Crippen LogP contribution in [0.5, 0.6) is 0 Å². The largest absolute Gasteiger partial charge is 0.371 e. The zero-order chi connectivity index (χ0) is 12.3. The monoisotopic (exact) mass is 234 g/mol. The van der Waals surface area contributed by atoms with Crippen molar-refractivity contribution in [1.82, 2.24) is 19.9 Å². The smallest absolute Gasteiger partial charge is 0.347 e. The Morgan fingerprint density at radius 3 is 2.94 bits per heavy atom. The lowest BCUT2D eigenvalue weighted by molar-refractivity contribution is 0.954. The second-order valence-electron chi connectivity index (χ2n) is 3.52. The van der Waals surface area contributed by atoms with E-state index in [9.17, 15) is 4.79 Å². The molecule has 0 spiro atoms. The number of hydrogen-bond acceptors (Lipinski definition) is 6. The fraction of sp³-hybridized carbons (Fsp3) is 0.400. The molecule has 0 unspecified atom stereocenters. The maximum atomic E-state index is 11.2. The average molecular weight is 234 g/mol. The Bertz CT molecular complexity index is 579. The van der Waals surface area contributed by atoms with E-state index in [0.29, 0.717) is 22.8 Å². The number of nitrogens with zero attached hydrogens (tertiary/aromatic N) is 3. The Labute approximate surface area is 97.7 Å². The van der Waals surface area contributed by atoms with E-state index in [1.54, 1.807) is 13.2 Å². The highest BCUT2D eigenvalue weighted by atomic mass is 16.1. The van der Waals surface area contributed by atoms with Crippen molar-refractivity contribution in [3.8, 4) is 0 Å². The van der Waals surface area contributed by atoms with Gasteiger partial charge >= 0.3 is 5.69 Å². The molecule has 0 amide bonds. The van der Waals surface area contributed by atoms with Crippen molar-refractivity contribution in [1.29, 1.82) is 0 Å². The lowest BCUT2D eigenvalue weighted by atomic mass is 10.4. The summed E-state index contributed by atoms with van der Waals surface area (Å²) in [6.45, 7) is 2.86. The highest BCUT2D eigenvalue weighted by Gasteiger charge is 2.06. The predicted octanol–water partition coefficient (Wildman–Crippen LogP) is 0.577. The zero-order valence-electron chi connectivity index (χ0n) is 9.74. The summed E-state index contributed by atoms with van der Waals surface area (Å²) in [5.41, 5.74) is 0.747. The van der Waals surface area contributed by atoms with Crippen molar-refractivity contribution in [3.05, 3.63) is 16.7 Å². The van der Waals surface area contributed by atoms with E-state index in [4.69, 9.17) is 0 Å². The predicted molar refractivity (Wildman–Crippen MR) is 66.3 cm³/mol. The van der Waals surface area contributed by atoms with Gasteiger partial charge in [0.05, 0.1) is 11.7 Å². The summed E-state index contributed by atoms with van der Waals surface area (Å²) in [5, 5.41) is 5.93. The minimum absolute atomic E-state index is 0.417. The van der Waals surface area contributed by atoms with E-state index >= 15 is 0 Å². The topological polar surface area (TPSA) is 95.6 Å². The summed E-state index contributed by atoms with van der Waals surface area (Å²) in [6.07, 6.45) is 2.56. The summed E-state index contributed by atoms with van der Waals surface area (Å²) < 4.78 is 0. The van der Waals surface area contributed by atoms with Gasteiger partial charge in [-0.3, -0.25) is 0 Å². The van der Waals surface area contributed by atoms with E-state index in [1.165, 1.54) is 0 Å². The molecule has 90 valence electrons. The van der Waals surface area contributed by atoms with Gasteiger partial charge in [0.2, 0.25) is 5.95 Å². The third-order valence-corrected chi connectivity index (χ3v) is 2.24. The summed E-state index contributed by atoms with van der Waals surface area (Å²) in [6, 6.07) is 0. The highest BCUT2D eigenvalue weighted by molar-refractivity contribution is 5.84. The van der Waals surface area contributed by atoms with Crippen LogP contribution in [0.2, 0.25) is 0 Å². The minimum atomic E-state index is -0.417. The Balaban J connectivity index is 2.51. The average Bonchev–Trinajstić information content (AvgIpc) is 2.35. The Kier molecular flexibility index (Phi) is 3.17.